The first-order chi connectivity index (χ1) is 9.98. The maximum atomic E-state index is 12.1. The number of imide groups is 1. The lowest BCUT2D eigenvalue weighted by molar-refractivity contribution is -0.122. The van der Waals surface area contributed by atoms with Crippen LogP contribution < -0.4 is 10.6 Å². The molecule has 3 rings (SSSR count). The summed E-state index contributed by atoms with van der Waals surface area (Å²) in [6.45, 7) is 7.50. The minimum Gasteiger partial charge on any atom is -0.459 e. The van der Waals surface area contributed by atoms with Crippen LogP contribution in [0.3, 0.4) is 0 Å². The van der Waals surface area contributed by atoms with Crippen molar-refractivity contribution >= 4 is 11.8 Å². The molecule has 2 N–H and O–H groups in total. The van der Waals surface area contributed by atoms with Crippen LogP contribution in [0.2, 0.25) is 0 Å². The van der Waals surface area contributed by atoms with E-state index in [4.69, 9.17) is 4.42 Å². The van der Waals surface area contributed by atoms with E-state index >= 15 is 0 Å². The second kappa shape index (κ2) is 5.27. The van der Waals surface area contributed by atoms with Gasteiger partial charge in [0.2, 0.25) is 5.91 Å². The number of rotatable bonds is 3. The number of nitrogens with zero attached hydrogens (tertiary/aromatic N) is 1. The molecule has 2 saturated heterocycles. The summed E-state index contributed by atoms with van der Waals surface area (Å²) in [4.78, 5) is 26.0. The van der Waals surface area contributed by atoms with E-state index in [0.29, 0.717) is 11.8 Å². The predicted octanol–water partition coefficient (Wildman–Crippen LogP) is 0.466. The molecule has 2 unspecified atom stereocenters. The van der Waals surface area contributed by atoms with Gasteiger partial charge in [0, 0.05) is 18.6 Å². The summed E-state index contributed by atoms with van der Waals surface area (Å²) in [7, 11) is 0. The van der Waals surface area contributed by atoms with E-state index in [1.165, 1.54) is 6.26 Å². The van der Waals surface area contributed by atoms with Crippen LogP contribution in [-0.4, -0.2) is 48.4 Å². The lowest BCUT2D eigenvalue weighted by Crippen LogP contribution is -2.49. The summed E-state index contributed by atoms with van der Waals surface area (Å²) in [6.07, 6.45) is 1.41. The van der Waals surface area contributed by atoms with Crippen molar-refractivity contribution in [3.63, 3.8) is 0 Å². The average Bonchev–Trinajstić information content (AvgIpc) is 3.11. The summed E-state index contributed by atoms with van der Waals surface area (Å²) in [5, 5.41) is 5.79. The summed E-state index contributed by atoms with van der Waals surface area (Å²) < 4.78 is 4.98. The lowest BCUT2D eigenvalue weighted by Gasteiger charge is -2.35. The second-order valence-electron chi connectivity index (χ2n) is 6.41. The van der Waals surface area contributed by atoms with Gasteiger partial charge in [-0.1, -0.05) is 0 Å². The van der Waals surface area contributed by atoms with Gasteiger partial charge in [0.25, 0.3) is 5.91 Å². The zero-order valence-electron chi connectivity index (χ0n) is 12.4. The van der Waals surface area contributed by atoms with Gasteiger partial charge in [-0.3, -0.25) is 19.8 Å². The van der Waals surface area contributed by atoms with Gasteiger partial charge in [-0.15, -0.1) is 0 Å². The number of carbonyl (C=O) groups excluding carboxylic acids is 2. The largest absolute Gasteiger partial charge is 0.459 e. The number of hydrogen-bond donors (Lipinski definition) is 2. The molecule has 2 aliphatic heterocycles. The van der Waals surface area contributed by atoms with Crippen LogP contribution >= 0.6 is 0 Å². The van der Waals surface area contributed by atoms with E-state index in [9.17, 15) is 9.59 Å². The maximum Gasteiger partial charge on any atom is 0.293 e. The van der Waals surface area contributed by atoms with Crippen LogP contribution in [-0.2, 0) is 4.79 Å². The van der Waals surface area contributed by atoms with E-state index < -0.39 is 5.91 Å². The highest BCUT2D eigenvalue weighted by Crippen LogP contribution is 2.40. The number of amides is 2. The van der Waals surface area contributed by atoms with Gasteiger partial charge in [0.15, 0.2) is 5.76 Å². The van der Waals surface area contributed by atoms with Crippen LogP contribution in [0.15, 0.2) is 22.8 Å². The normalized spacial score (nSPS) is 27.5. The summed E-state index contributed by atoms with van der Waals surface area (Å²) >= 11 is 0. The van der Waals surface area contributed by atoms with Gasteiger partial charge in [0.05, 0.1) is 12.8 Å². The first-order valence-electron chi connectivity index (χ1n) is 7.32. The van der Waals surface area contributed by atoms with Crippen molar-refractivity contribution in [1.82, 2.24) is 15.5 Å². The first-order valence-corrected chi connectivity index (χ1v) is 7.32. The molecule has 3 heterocycles. The smallest absolute Gasteiger partial charge is 0.293 e. The van der Waals surface area contributed by atoms with Crippen LogP contribution in [0.5, 0.6) is 0 Å². The summed E-state index contributed by atoms with van der Waals surface area (Å²) in [5.74, 6) is 0.547. The molecule has 2 aliphatic rings. The Morgan fingerprint density at radius 2 is 2.29 bits per heavy atom. The molecule has 0 spiro atoms. The van der Waals surface area contributed by atoms with Gasteiger partial charge in [-0.05, 0) is 44.4 Å². The van der Waals surface area contributed by atoms with Crippen LogP contribution in [0, 0.1) is 11.8 Å². The minimum absolute atomic E-state index is 0.0285. The molecule has 0 bridgehead atoms. The number of likely N-dealkylation sites (tertiary alicyclic amines) is 1. The third kappa shape index (κ3) is 2.61. The number of hydrogen-bond acceptors (Lipinski definition) is 5. The molecule has 0 aromatic carbocycles. The fraction of sp³-hybridized carbons (Fsp3) is 0.600. The van der Waals surface area contributed by atoms with Crippen LogP contribution in [0.1, 0.15) is 24.4 Å². The van der Waals surface area contributed by atoms with Crippen molar-refractivity contribution in [3.05, 3.63) is 24.2 Å². The number of carbonyl (C=O) groups is 2. The molecule has 21 heavy (non-hydrogen) atoms. The molecule has 0 saturated carbocycles. The van der Waals surface area contributed by atoms with Crippen molar-refractivity contribution in [1.29, 1.82) is 0 Å². The predicted molar refractivity (Wildman–Crippen MR) is 76.7 cm³/mol. The highest BCUT2D eigenvalue weighted by Gasteiger charge is 2.49. The molecule has 1 aromatic heterocycles. The Hall–Kier alpha value is -1.66. The molecule has 114 valence electrons. The van der Waals surface area contributed by atoms with Gasteiger partial charge in [0.1, 0.15) is 0 Å². The van der Waals surface area contributed by atoms with Gasteiger partial charge in [-0.25, -0.2) is 0 Å². The molecular formula is C15H21N3O3. The van der Waals surface area contributed by atoms with Crippen molar-refractivity contribution < 1.29 is 14.0 Å². The van der Waals surface area contributed by atoms with Crippen molar-refractivity contribution in [2.24, 2.45) is 11.8 Å². The summed E-state index contributed by atoms with van der Waals surface area (Å²) in [6, 6.07) is 3.16. The van der Waals surface area contributed by atoms with Gasteiger partial charge in [-0.2, -0.15) is 0 Å². The SMILES string of the molecule is CC1(C)C2CNCC2CN1CC(=O)NC(=O)c1ccco1. The van der Waals surface area contributed by atoms with E-state index in [-0.39, 0.29) is 23.8 Å². The minimum atomic E-state index is -0.483. The fourth-order valence-corrected chi connectivity index (χ4v) is 3.58. The van der Waals surface area contributed by atoms with E-state index in [1.54, 1.807) is 12.1 Å². The van der Waals surface area contributed by atoms with Crippen molar-refractivity contribution in [3.8, 4) is 0 Å². The topological polar surface area (TPSA) is 74.6 Å². The van der Waals surface area contributed by atoms with Crippen LogP contribution in [0.25, 0.3) is 0 Å². The number of nitrogens with one attached hydrogen (secondary N) is 2. The lowest BCUT2D eigenvalue weighted by atomic mass is 9.85. The number of fused-ring (bicyclic) bond motifs is 1. The zero-order chi connectivity index (χ0) is 15.0. The molecule has 2 amide bonds. The highest BCUT2D eigenvalue weighted by molar-refractivity contribution is 6.03. The molecule has 2 atom stereocenters. The van der Waals surface area contributed by atoms with E-state index in [0.717, 1.165) is 19.6 Å². The molecule has 2 fully saturated rings. The van der Waals surface area contributed by atoms with Crippen LogP contribution in [0.4, 0.5) is 0 Å². The Balaban J connectivity index is 1.59. The first kappa shape index (κ1) is 14.3. The zero-order valence-corrected chi connectivity index (χ0v) is 12.4. The quantitative estimate of drug-likeness (QED) is 0.846. The van der Waals surface area contributed by atoms with Gasteiger partial charge >= 0.3 is 0 Å². The molecule has 1 aromatic rings. The Bertz CT molecular complexity index is 538. The van der Waals surface area contributed by atoms with E-state index in [2.05, 4.69) is 29.4 Å². The molecule has 6 nitrogen and oxygen atoms in total. The van der Waals surface area contributed by atoms with Crippen molar-refractivity contribution in [2.45, 2.75) is 19.4 Å². The third-order valence-electron chi connectivity index (χ3n) is 4.85. The Kier molecular flexibility index (Phi) is 3.59. The standard InChI is InChI=1S/C15H21N3O3/c1-15(2)11-7-16-6-10(11)8-18(15)9-13(19)17-14(20)12-4-3-5-21-12/h3-5,10-11,16H,6-9H2,1-2H3,(H,17,19,20). The molecule has 0 aliphatic carbocycles. The fourth-order valence-electron chi connectivity index (χ4n) is 3.58. The molecule has 6 heteroatoms. The van der Waals surface area contributed by atoms with Gasteiger partial charge < -0.3 is 9.73 Å². The Morgan fingerprint density at radius 1 is 1.48 bits per heavy atom. The molecular weight excluding hydrogens is 270 g/mol. The maximum absolute atomic E-state index is 12.1. The van der Waals surface area contributed by atoms with E-state index in [1.807, 2.05) is 0 Å². The van der Waals surface area contributed by atoms with Crippen molar-refractivity contribution in [2.75, 3.05) is 26.2 Å². The highest BCUT2D eigenvalue weighted by atomic mass is 16.3. The Labute approximate surface area is 123 Å². The monoisotopic (exact) mass is 291 g/mol. The molecule has 0 radical (unpaired) electrons. The third-order valence-corrected chi connectivity index (χ3v) is 4.85. The number of furan rings is 1. The second-order valence-corrected chi connectivity index (χ2v) is 6.41. The average molecular weight is 291 g/mol. The Morgan fingerprint density at radius 3 is 2.95 bits per heavy atom. The summed E-state index contributed by atoms with van der Waals surface area (Å²) in [5.41, 5.74) is -0.0285.